The molecule has 4 aromatic heterocycles. The summed E-state index contributed by atoms with van der Waals surface area (Å²) in [6.07, 6.45) is 32.1. The first-order valence-corrected chi connectivity index (χ1v) is 44.9. The highest BCUT2D eigenvalue weighted by Crippen LogP contribution is 2.24. The normalized spacial score (nSPS) is 16.3. The van der Waals surface area contributed by atoms with Crippen LogP contribution in [-0.2, 0) is 33.6 Å². The van der Waals surface area contributed by atoms with E-state index in [0.29, 0.717) is 74.1 Å². The summed E-state index contributed by atoms with van der Waals surface area (Å²) in [7, 11) is 12.4. The minimum Gasteiger partial charge on any atom is -0.314 e. The van der Waals surface area contributed by atoms with Crippen LogP contribution in [-0.4, -0.2) is 292 Å². The Kier molecular flexibility index (Phi) is 42.4. The number of halogens is 2. The van der Waals surface area contributed by atoms with Crippen LogP contribution >= 0.6 is 0 Å². The van der Waals surface area contributed by atoms with E-state index >= 15 is 0 Å². The Balaban J connectivity index is 0.000000181. The van der Waals surface area contributed by atoms with Gasteiger partial charge in [0.2, 0.25) is 41.4 Å². The summed E-state index contributed by atoms with van der Waals surface area (Å²) >= 11 is 0. The van der Waals surface area contributed by atoms with E-state index in [1.807, 2.05) is 97.4 Å². The predicted octanol–water partition coefficient (Wildman–Crippen LogP) is 12.6. The maximum Gasteiger partial charge on any atom is 0.240 e. The molecule has 29 heteroatoms. The van der Waals surface area contributed by atoms with Crippen molar-refractivity contribution in [1.29, 1.82) is 0 Å². The standard InChI is InChI=1S/C15H21FN2O.C15H22N2O.C14H19FN2O.C14H21N3O.C13H20N4O.C13H19N3O.C12H18N4O/c1-12-6-7-13(10-14(12)16)17(2)15(19)11-18-8-4-3-5-9-18;1-13-6-8-14(9-7-13)16(2)15(18)12-17-10-4-3-5-11-17;1-11-5-6-12(9-13(11)15)16(2)14(18)10-17-7-3-4-8-17;1-12-6-7-13(10-15-12)16(2)14(18)11-17-8-4-3-5-9-17;1-11-14-8-12(9-15-11)16(2)13(18)10-17-6-4-3-5-7-17;1-11-5-6-12(9-14-11)15(2)13(17)10-16-7-3-4-8-16;1-10-13-7-11(8-14-10)15(2)12(17)9-16-5-3-4-6-16/h6-7,10H,3-5,8-9,11H2,1-2H3;6-9H,3-5,10-12H2,1-2H3;5-6,9H,3-4,7-8,10H2,1-2H3;6-7,10H,3-5,8-9,11H2,1-2H3;8-9H,3-7,10H2,1-2H3;5-6,9H,3-4,7-8,10H2,1-2H3;7-8H,3-6,9H2,1-2H3. The van der Waals surface area contributed by atoms with Crippen LogP contribution in [0.15, 0.2) is 122 Å². The van der Waals surface area contributed by atoms with E-state index < -0.39 is 0 Å². The van der Waals surface area contributed by atoms with Crippen molar-refractivity contribution in [3.63, 3.8) is 0 Å². The van der Waals surface area contributed by atoms with Gasteiger partial charge >= 0.3 is 0 Å². The molecule has 0 N–H and O–H groups in total. The first-order valence-electron chi connectivity index (χ1n) is 44.9. The third-order valence-corrected chi connectivity index (χ3v) is 23.9. The molecule has 7 saturated heterocycles. The summed E-state index contributed by atoms with van der Waals surface area (Å²) in [5.41, 5.74) is 9.78. The molecule has 7 aliphatic heterocycles. The van der Waals surface area contributed by atoms with Crippen LogP contribution in [0.25, 0.3) is 0 Å². The second-order valence-corrected chi connectivity index (χ2v) is 34.0. The number of benzene rings is 3. The Hall–Kier alpha value is -10.0. The Morgan fingerprint density at radius 1 is 0.248 bits per heavy atom. The maximum atomic E-state index is 13.5. The summed E-state index contributed by atoms with van der Waals surface area (Å²) in [6.45, 7) is 30.8. The van der Waals surface area contributed by atoms with Crippen molar-refractivity contribution in [1.82, 2.24) is 64.2 Å². The molecule has 14 rings (SSSR count). The Morgan fingerprint density at radius 2 is 0.440 bits per heavy atom. The average Bonchev–Trinajstić information content (AvgIpc) is 1.42. The van der Waals surface area contributed by atoms with Gasteiger partial charge in [-0.25, -0.2) is 28.7 Å². The molecule has 3 aromatic carbocycles. The quantitative estimate of drug-likeness (QED) is 0.0649. The Labute approximate surface area is 742 Å². The molecule has 0 saturated carbocycles. The highest BCUT2D eigenvalue weighted by molar-refractivity contribution is 5.98. The molecule has 125 heavy (non-hydrogen) atoms. The number of carbonyl (C=O) groups is 7. The van der Waals surface area contributed by atoms with Crippen molar-refractivity contribution in [3.05, 3.63) is 173 Å². The zero-order valence-corrected chi connectivity index (χ0v) is 77.2. The van der Waals surface area contributed by atoms with E-state index in [2.05, 4.69) is 71.1 Å². The third kappa shape index (κ3) is 34.7. The van der Waals surface area contributed by atoms with Crippen molar-refractivity contribution in [2.45, 2.75) is 164 Å². The van der Waals surface area contributed by atoms with E-state index in [4.69, 9.17) is 0 Å². The van der Waals surface area contributed by atoms with Crippen LogP contribution in [0.2, 0.25) is 0 Å². The molecule has 0 spiro atoms. The summed E-state index contributed by atoms with van der Waals surface area (Å²) in [4.78, 5) is 136. The highest BCUT2D eigenvalue weighted by atomic mass is 19.1. The number of pyridine rings is 2. The lowest BCUT2D eigenvalue weighted by molar-refractivity contribution is -0.120. The zero-order chi connectivity index (χ0) is 90.3. The number of rotatable bonds is 21. The van der Waals surface area contributed by atoms with Crippen molar-refractivity contribution < 1.29 is 42.3 Å². The van der Waals surface area contributed by atoms with Gasteiger partial charge in [-0.15, -0.1) is 0 Å². The first-order chi connectivity index (χ1) is 60.0. The zero-order valence-electron chi connectivity index (χ0n) is 77.2. The average molecular weight is 1720 g/mol. The maximum absolute atomic E-state index is 13.5. The van der Waals surface area contributed by atoms with Crippen molar-refractivity contribution in [2.24, 2.45) is 0 Å². The van der Waals surface area contributed by atoms with Crippen molar-refractivity contribution >= 4 is 81.2 Å². The molecule has 7 fully saturated rings. The van der Waals surface area contributed by atoms with Crippen LogP contribution < -0.4 is 34.3 Å². The van der Waals surface area contributed by atoms with Gasteiger partial charge < -0.3 is 34.3 Å². The summed E-state index contributed by atoms with van der Waals surface area (Å²) < 4.78 is 27.0. The summed E-state index contributed by atoms with van der Waals surface area (Å²) in [5.74, 6) is 1.59. The Morgan fingerprint density at radius 3 is 0.664 bits per heavy atom. The Bertz CT molecular complexity index is 4170. The third-order valence-electron chi connectivity index (χ3n) is 23.9. The van der Waals surface area contributed by atoms with Crippen LogP contribution in [0.3, 0.4) is 0 Å². The largest absolute Gasteiger partial charge is 0.314 e. The summed E-state index contributed by atoms with van der Waals surface area (Å²) in [6, 6.07) is 25.6. The van der Waals surface area contributed by atoms with Gasteiger partial charge in [-0.3, -0.25) is 77.8 Å². The topological polar surface area (TPSA) is 242 Å². The molecular weight excluding hydrogens is 1580 g/mol. The van der Waals surface area contributed by atoms with Gasteiger partial charge in [0, 0.05) is 77.8 Å². The van der Waals surface area contributed by atoms with Gasteiger partial charge in [-0.1, -0.05) is 55.5 Å². The number of anilines is 7. The number of likely N-dealkylation sites (N-methyl/N-ethyl adjacent to an activating group) is 7. The highest BCUT2D eigenvalue weighted by Gasteiger charge is 2.26. The smallest absolute Gasteiger partial charge is 0.240 e. The molecule has 0 atom stereocenters. The lowest BCUT2D eigenvalue weighted by Crippen LogP contribution is -2.40. The van der Waals surface area contributed by atoms with Crippen LogP contribution in [0.5, 0.6) is 0 Å². The van der Waals surface area contributed by atoms with Gasteiger partial charge in [0.15, 0.2) is 0 Å². The number of hydrogen-bond acceptors (Lipinski definition) is 20. The number of likely N-dealkylation sites (tertiary alicyclic amines) is 7. The number of hydrogen-bond donors (Lipinski definition) is 0. The number of nitrogens with zero attached hydrogens (tertiary/aromatic N) is 20. The monoisotopic (exact) mass is 1720 g/mol. The lowest BCUT2D eigenvalue weighted by Gasteiger charge is -2.28. The number of aromatic nitrogens is 6. The molecular formula is C96H140F2N20O7. The minimum atomic E-state index is -0.270. The fourth-order valence-electron chi connectivity index (χ4n) is 15.2. The first kappa shape index (κ1) is 100. The number of aryl methyl sites for hydroxylation is 7. The fourth-order valence-corrected chi connectivity index (χ4v) is 15.2. The lowest BCUT2D eigenvalue weighted by atomic mass is 10.1. The minimum absolute atomic E-state index is 0.0140. The SMILES string of the molecule is Cc1ccc(N(C)C(=O)CN2CCCC2)cc1F.Cc1ccc(N(C)C(=O)CN2CCCC2)cn1.Cc1ccc(N(C)C(=O)CN2CCCCC2)cc1.Cc1ccc(N(C)C(=O)CN2CCCCC2)cc1F.Cc1ccc(N(C)C(=O)CN2CCCCC2)cn1.Cc1ncc(N(C)C(=O)CN2CCCC2)cn1.Cc1ncc(N(C)C(=O)CN2CCCCC2)cn1. The van der Waals surface area contributed by atoms with Gasteiger partial charge in [-0.05, 0) is 302 Å². The van der Waals surface area contributed by atoms with E-state index in [1.165, 1.54) is 117 Å². The second kappa shape index (κ2) is 52.8. The van der Waals surface area contributed by atoms with Gasteiger partial charge in [0.1, 0.15) is 23.3 Å². The van der Waals surface area contributed by atoms with E-state index in [0.717, 1.165) is 163 Å². The molecule has 0 radical (unpaired) electrons. The van der Waals surface area contributed by atoms with Crippen LogP contribution in [0.1, 0.15) is 155 Å². The number of carbonyl (C=O) groups excluding carboxylic acids is 7. The molecule has 0 bridgehead atoms. The molecule has 0 unspecified atom stereocenters. The van der Waals surface area contributed by atoms with Crippen LogP contribution in [0.4, 0.5) is 48.6 Å². The number of piperidine rings is 4. The van der Waals surface area contributed by atoms with Crippen LogP contribution in [0, 0.1) is 60.1 Å². The number of amides is 7. The van der Waals surface area contributed by atoms with Gasteiger partial charge in [0.05, 0.1) is 106 Å². The summed E-state index contributed by atoms with van der Waals surface area (Å²) in [5, 5.41) is 0. The fraction of sp³-hybridized carbons (Fsp3) is 0.552. The molecule has 7 aromatic rings. The molecule has 27 nitrogen and oxygen atoms in total. The molecule has 7 amide bonds. The second-order valence-electron chi connectivity index (χ2n) is 34.0. The van der Waals surface area contributed by atoms with Gasteiger partial charge in [0.25, 0.3) is 0 Å². The molecule has 11 heterocycles. The van der Waals surface area contributed by atoms with E-state index in [-0.39, 0.29) is 53.0 Å². The molecule has 680 valence electrons. The van der Waals surface area contributed by atoms with Gasteiger partial charge in [-0.2, -0.15) is 0 Å². The molecule has 0 aliphatic carbocycles. The van der Waals surface area contributed by atoms with Crippen molar-refractivity contribution in [3.8, 4) is 0 Å². The molecule has 7 aliphatic rings. The van der Waals surface area contributed by atoms with Crippen molar-refractivity contribution in [2.75, 3.05) is 221 Å². The predicted molar refractivity (Wildman–Crippen MR) is 497 cm³/mol. The van der Waals surface area contributed by atoms with E-state index in [1.54, 1.807) is 128 Å². The van der Waals surface area contributed by atoms with E-state index in [9.17, 15) is 42.3 Å².